The largest absolute Gasteiger partial charge is 0.352 e. The molecule has 1 aliphatic rings. The smallest absolute Gasteiger partial charge is 0.252 e. The molecule has 0 unspecified atom stereocenters. The van der Waals surface area contributed by atoms with Crippen LogP contribution in [0.4, 0.5) is 5.69 Å². The Morgan fingerprint density at radius 3 is 2.54 bits per heavy atom. The van der Waals surface area contributed by atoms with Gasteiger partial charge >= 0.3 is 0 Å². The van der Waals surface area contributed by atoms with Crippen LogP contribution >= 0.6 is 11.6 Å². The molecule has 0 radical (unpaired) electrons. The fourth-order valence-corrected chi connectivity index (χ4v) is 4.31. The summed E-state index contributed by atoms with van der Waals surface area (Å²) in [4.78, 5) is 14.8. The third-order valence-corrected chi connectivity index (χ3v) is 5.33. The van der Waals surface area contributed by atoms with Crippen molar-refractivity contribution >= 4 is 33.2 Å². The van der Waals surface area contributed by atoms with Crippen LogP contribution in [-0.2, 0) is 10.0 Å². The summed E-state index contributed by atoms with van der Waals surface area (Å²) in [7, 11) is -3.41. The van der Waals surface area contributed by atoms with Crippen LogP contribution in [0.2, 0.25) is 5.02 Å². The van der Waals surface area contributed by atoms with Crippen LogP contribution in [-0.4, -0.2) is 51.7 Å². The number of benzene rings is 1. The van der Waals surface area contributed by atoms with Crippen molar-refractivity contribution in [3.8, 4) is 0 Å². The van der Waals surface area contributed by atoms with Crippen LogP contribution in [0.5, 0.6) is 0 Å². The van der Waals surface area contributed by atoms with E-state index in [-0.39, 0.29) is 11.5 Å². The zero-order valence-electron chi connectivity index (χ0n) is 15.6. The van der Waals surface area contributed by atoms with Crippen molar-refractivity contribution in [2.45, 2.75) is 26.7 Å². The lowest BCUT2D eigenvalue weighted by Crippen LogP contribution is -2.40. The van der Waals surface area contributed by atoms with Crippen molar-refractivity contribution in [2.24, 2.45) is 11.8 Å². The van der Waals surface area contributed by atoms with Gasteiger partial charge in [0.15, 0.2) is 0 Å². The second-order valence-corrected chi connectivity index (χ2v) is 9.54. The van der Waals surface area contributed by atoms with Gasteiger partial charge < -0.3 is 10.2 Å². The Labute approximate surface area is 161 Å². The molecule has 6 nitrogen and oxygen atoms in total. The number of hydrogen-bond donors (Lipinski definition) is 2. The van der Waals surface area contributed by atoms with Crippen LogP contribution in [0.15, 0.2) is 18.2 Å². The SMILES string of the molecule is C[C@@H]1C[C@@H](C)CN(CCCNC(=O)c2cc(NS(C)(=O)=O)ccc2Cl)C1. The van der Waals surface area contributed by atoms with Gasteiger partial charge in [0.1, 0.15) is 0 Å². The predicted molar refractivity (Wildman–Crippen MR) is 106 cm³/mol. The van der Waals surface area contributed by atoms with Gasteiger partial charge in [-0.25, -0.2) is 8.42 Å². The molecule has 2 atom stereocenters. The predicted octanol–water partition coefficient (Wildman–Crippen LogP) is 2.81. The molecule has 0 spiro atoms. The van der Waals surface area contributed by atoms with Crippen LogP contribution in [0.25, 0.3) is 0 Å². The highest BCUT2D eigenvalue weighted by Crippen LogP contribution is 2.22. The normalized spacial score (nSPS) is 21.4. The Balaban J connectivity index is 1.85. The van der Waals surface area contributed by atoms with E-state index in [0.717, 1.165) is 44.1 Å². The zero-order chi connectivity index (χ0) is 19.3. The van der Waals surface area contributed by atoms with E-state index < -0.39 is 10.0 Å². The van der Waals surface area contributed by atoms with Gasteiger partial charge in [-0.3, -0.25) is 9.52 Å². The zero-order valence-corrected chi connectivity index (χ0v) is 17.2. The molecule has 1 aromatic carbocycles. The second-order valence-electron chi connectivity index (χ2n) is 7.38. The molecule has 1 amide bonds. The van der Waals surface area contributed by atoms with Crippen LogP contribution < -0.4 is 10.0 Å². The Kier molecular flexibility index (Phi) is 7.32. The minimum Gasteiger partial charge on any atom is -0.352 e. The summed E-state index contributed by atoms with van der Waals surface area (Å²) >= 11 is 6.08. The quantitative estimate of drug-likeness (QED) is 0.688. The number of carbonyl (C=O) groups is 1. The monoisotopic (exact) mass is 401 g/mol. The van der Waals surface area contributed by atoms with Gasteiger partial charge in [-0.05, 0) is 49.4 Å². The van der Waals surface area contributed by atoms with Crippen molar-refractivity contribution in [1.29, 1.82) is 0 Å². The van der Waals surface area contributed by atoms with Gasteiger partial charge in [0, 0.05) is 25.3 Å². The van der Waals surface area contributed by atoms with Crippen molar-refractivity contribution in [3.63, 3.8) is 0 Å². The maximum absolute atomic E-state index is 12.4. The molecule has 0 aromatic heterocycles. The molecule has 2 N–H and O–H groups in total. The number of piperidine rings is 1. The van der Waals surface area contributed by atoms with E-state index in [1.807, 2.05) is 0 Å². The molecule has 0 saturated carbocycles. The number of likely N-dealkylation sites (tertiary alicyclic amines) is 1. The topological polar surface area (TPSA) is 78.5 Å². The van der Waals surface area contributed by atoms with Crippen molar-refractivity contribution in [3.05, 3.63) is 28.8 Å². The first-order valence-electron chi connectivity index (χ1n) is 8.92. The minimum atomic E-state index is -3.41. The molecule has 146 valence electrons. The van der Waals surface area contributed by atoms with Gasteiger partial charge in [0.25, 0.3) is 5.91 Å². The molecule has 1 fully saturated rings. The number of halogens is 1. The van der Waals surface area contributed by atoms with E-state index in [4.69, 9.17) is 11.6 Å². The second kappa shape index (κ2) is 9.06. The summed E-state index contributed by atoms with van der Waals surface area (Å²) in [6.45, 7) is 8.30. The molecule has 8 heteroatoms. The number of nitrogens with zero attached hydrogens (tertiary/aromatic N) is 1. The molecule has 0 aliphatic carbocycles. The molecule has 1 saturated heterocycles. The van der Waals surface area contributed by atoms with E-state index in [0.29, 0.717) is 17.3 Å². The first-order chi connectivity index (χ1) is 12.1. The van der Waals surface area contributed by atoms with E-state index in [9.17, 15) is 13.2 Å². The maximum Gasteiger partial charge on any atom is 0.252 e. The number of hydrogen-bond acceptors (Lipinski definition) is 4. The van der Waals surface area contributed by atoms with Crippen molar-refractivity contribution in [2.75, 3.05) is 37.2 Å². The van der Waals surface area contributed by atoms with Gasteiger partial charge in [-0.15, -0.1) is 0 Å². The molecule has 1 aliphatic heterocycles. The van der Waals surface area contributed by atoms with Gasteiger partial charge in [0.2, 0.25) is 10.0 Å². The fraction of sp³-hybridized carbons (Fsp3) is 0.611. The Hall–Kier alpha value is -1.31. The van der Waals surface area contributed by atoms with Gasteiger partial charge in [0.05, 0.1) is 16.8 Å². The van der Waals surface area contributed by atoms with Crippen LogP contribution in [0.3, 0.4) is 0 Å². The summed E-state index contributed by atoms with van der Waals surface area (Å²) in [5, 5.41) is 3.16. The van der Waals surface area contributed by atoms with E-state index in [2.05, 4.69) is 28.8 Å². The Morgan fingerprint density at radius 1 is 1.27 bits per heavy atom. The number of carbonyl (C=O) groups excluding carboxylic acids is 1. The van der Waals surface area contributed by atoms with Crippen LogP contribution in [0.1, 0.15) is 37.0 Å². The molecular formula is C18H28ClN3O3S. The molecule has 26 heavy (non-hydrogen) atoms. The van der Waals surface area contributed by atoms with Crippen LogP contribution in [0, 0.1) is 11.8 Å². The molecular weight excluding hydrogens is 374 g/mol. The number of nitrogens with one attached hydrogen (secondary N) is 2. The lowest BCUT2D eigenvalue weighted by molar-refractivity contribution is 0.0947. The number of sulfonamides is 1. The lowest BCUT2D eigenvalue weighted by Gasteiger charge is -2.34. The van der Waals surface area contributed by atoms with E-state index in [1.54, 1.807) is 0 Å². The standard InChI is InChI=1S/C18H28ClN3O3S/c1-13-9-14(2)12-22(11-13)8-4-7-20-18(23)16-10-15(5-6-17(16)19)21-26(3,24)25/h5-6,10,13-14,21H,4,7-9,11-12H2,1-3H3,(H,20,23)/t13-,14-/m1/s1. The highest BCUT2D eigenvalue weighted by Gasteiger charge is 2.21. The average Bonchev–Trinajstić information content (AvgIpc) is 2.51. The summed E-state index contributed by atoms with van der Waals surface area (Å²) < 4.78 is 25.0. The summed E-state index contributed by atoms with van der Waals surface area (Å²) in [6.07, 6.45) is 3.21. The first kappa shape index (κ1) is 21.0. The average molecular weight is 402 g/mol. The number of rotatable bonds is 7. The van der Waals surface area contributed by atoms with Crippen molar-refractivity contribution < 1.29 is 13.2 Å². The van der Waals surface area contributed by atoms with E-state index in [1.165, 1.54) is 24.6 Å². The highest BCUT2D eigenvalue weighted by atomic mass is 35.5. The molecule has 1 aromatic rings. The number of amides is 1. The van der Waals surface area contributed by atoms with Crippen molar-refractivity contribution in [1.82, 2.24) is 10.2 Å². The minimum absolute atomic E-state index is 0.264. The molecule has 1 heterocycles. The Bertz CT molecular complexity index is 729. The Morgan fingerprint density at radius 2 is 1.92 bits per heavy atom. The first-order valence-corrected chi connectivity index (χ1v) is 11.2. The van der Waals surface area contributed by atoms with E-state index >= 15 is 0 Å². The lowest BCUT2D eigenvalue weighted by atomic mass is 9.92. The summed E-state index contributed by atoms with van der Waals surface area (Å²) in [5.74, 6) is 1.14. The summed E-state index contributed by atoms with van der Waals surface area (Å²) in [6, 6.07) is 4.49. The third kappa shape index (κ3) is 6.78. The highest BCUT2D eigenvalue weighted by molar-refractivity contribution is 7.92. The molecule has 0 bridgehead atoms. The van der Waals surface area contributed by atoms with Gasteiger partial charge in [-0.2, -0.15) is 0 Å². The number of anilines is 1. The third-order valence-electron chi connectivity index (χ3n) is 4.40. The maximum atomic E-state index is 12.4. The summed E-state index contributed by atoms with van der Waals surface area (Å²) in [5.41, 5.74) is 0.582. The molecule has 2 rings (SSSR count). The fourth-order valence-electron chi connectivity index (χ4n) is 3.55. The van der Waals surface area contributed by atoms with Gasteiger partial charge in [-0.1, -0.05) is 25.4 Å².